The van der Waals surface area contributed by atoms with E-state index >= 15 is 0 Å². The molecule has 0 fully saturated rings. The third-order valence-corrected chi connectivity index (χ3v) is 2.75. The first-order valence-electron chi connectivity index (χ1n) is 4.53. The maximum Gasteiger partial charge on any atom is 0.0519 e. The zero-order valence-electron chi connectivity index (χ0n) is 8.01. The minimum atomic E-state index is 0.0198. The Morgan fingerprint density at radius 3 is 2.75 bits per heavy atom. The van der Waals surface area contributed by atoms with Crippen molar-refractivity contribution in [1.29, 1.82) is 0 Å². The quantitative estimate of drug-likeness (QED) is 0.625. The average Bonchev–Trinajstić information content (AvgIpc) is 2.05. The highest BCUT2D eigenvalue weighted by atomic mass is 16.3. The van der Waals surface area contributed by atoms with Gasteiger partial charge >= 0.3 is 0 Å². The highest BCUT2D eigenvalue weighted by Gasteiger charge is 2.25. The van der Waals surface area contributed by atoms with E-state index in [0.29, 0.717) is 5.92 Å². The van der Waals surface area contributed by atoms with E-state index < -0.39 is 0 Å². The Balaban J connectivity index is 2.64. The topological polar surface area (TPSA) is 20.2 Å². The fourth-order valence-corrected chi connectivity index (χ4v) is 1.56. The molecule has 2 atom stereocenters. The summed E-state index contributed by atoms with van der Waals surface area (Å²) < 4.78 is 0. The van der Waals surface area contributed by atoms with Gasteiger partial charge in [-0.25, -0.2) is 0 Å². The number of aliphatic hydroxyl groups excluding tert-OH is 1. The molecule has 1 aliphatic carbocycles. The summed E-state index contributed by atoms with van der Waals surface area (Å²) in [6, 6.07) is 0. The normalized spacial score (nSPS) is 35.1. The molecule has 1 aliphatic rings. The van der Waals surface area contributed by atoms with Crippen LogP contribution in [0.4, 0.5) is 0 Å². The number of hydrogen-bond acceptors (Lipinski definition) is 1. The van der Waals surface area contributed by atoms with Crippen LogP contribution in [0.25, 0.3) is 0 Å². The molecule has 1 rings (SSSR count). The fourth-order valence-electron chi connectivity index (χ4n) is 1.56. The van der Waals surface area contributed by atoms with E-state index in [4.69, 9.17) is 5.11 Å². The molecule has 0 aromatic heterocycles. The molecule has 1 nitrogen and oxygen atoms in total. The van der Waals surface area contributed by atoms with Crippen LogP contribution in [0, 0.1) is 11.3 Å². The molecule has 0 heterocycles. The molecule has 1 N–H and O–H groups in total. The molecule has 0 amide bonds. The molecule has 0 bridgehead atoms. The van der Waals surface area contributed by atoms with Crippen molar-refractivity contribution < 1.29 is 5.11 Å². The molecule has 68 valence electrons. The van der Waals surface area contributed by atoms with E-state index in [0.717, 1.165) is 12.8 Å². The summed E-state index contributed by atoms with van der Waals surface area (Å²) in [6.07, 6.45) is 6.51. The minimum absolute atomic E-state index is 0.0198. The molecular weight excluding hydrogens is 148 g/mol. The molecule has 12 heavy (non-hydrogen) atoms. The van der Waals surface area contributed by atoms with Crippen molar-refractivity contribution in [2.45, 2.75) is 26.7 Å². The Kier molecular flexibility index (Phi) is 2.73. The summed E-state index contributed by atoms with van der Waals surface area (Å²) >= 11 is 0. The molecule has 0 spiro atoms. The Morgan fingerprint density at radius 2 is 2.42 bits per heavy atom. The van der Waals surface area contributed by atoms with Crippen molar-refractivity contribution in [3.05, 3.63) is 24.3 Å². The van der Waals surface area contributed by atoms with Gasteiger partial charge in [0, 0.05) is 5.41 Å². The Bertz CT molecular complexity index is 205. The minimum Gasteiger partial charge on any atom is -0.395 e. The van der Waals surface area contributed by atoms with Crippen LogP contribution in [-0.2, 0) is 0 Å². The average molecular weight is 166 g/mol. The van der Waals surface area contributed by atoms with Crippen molar-refractivity contribution in [3.8, 4) is 0 Å². The highest BCUT2D eigenvalue weighted by molar-refractivity contribution is 5.13. The van der Waals surface area contributed by atoms with Crippen LogP contribution >= 0.6 is 0 Å². The Hall–Kier alpha value is -0.560. The standard InChI is InChI=1S/C11H18O/c1-9(2)10-4-6-11(3,8-12)7-5-10/h4,6,10,12H,1,5,7-8H2,2-3H3/t10-,11?/m0/s1. The lowest BCUT2D eigenvalue weighted by Gasteiger charge is -2.30. The van der Waals surface area contributed by atoms with Gasteiger partial charge in [-0.05, 0) is 25.7 Å². The van der Waals surface area contributed by atoms with E-state index in [-0.39, 0.29) is 12.0 Å². The summed E-state index contributed by atoms with van der Waals surface area (Å²) in [4.78, 5) is 0. The molecule has 0 aliphatic heterocycles. The van der Waals surface area contributed by atoms with Gasteiger partial charge in [-0.2, -0.15) is 0 Å². The molecular formula is C11H18O. The van der Waals surface area contributed by atoms with Gasteiger partial charge in [0.1, 0.15) is 0 Å². The molecule has 0 aromatic rings. The number of rotatable bonds is 2. The number of aliphatic hydroxyl groups is 1. The molecule has 0 saturated carbocycles. The SMILES string of the molecule is C=C(C)[C@H]1C=CC(C)(CO)CC1. The molecule has 0 saturated heterocycles. The largest absolute Gasteiger partial charge is 0.395 e. The van der Waals surface area contributed by atoms with Crippen LogP contribution in [0.1, 0.15) is 26.7 Å². The summed E-state index contributed by atoms with van der Waals surface area (Å²) in [6.45, 7) is 8.36. The molecule has 0 radical (unpaired) electrons. The second kappa shape index (κ2) is 3.44. The van der Waals surface area contributed by atoms with Gasteiger partial charge in [-0.3, -0.25) is 0 Å². The van der Waals surface area contributed by atoms with Crippen LogP contribution in [0.15, 0.2) is 24.3 Å². The third kappa shape index (κ3) is 1.98. The van der Waals surface area contributed by atoms with Crippen molar-refractivity contribution in [2.75, 3.05) is 6.61 Å². The lowest BCUT2D eigenvalue weighted by molar-refractivity contribution is 0.164. The van der Waals surface area contributed by atoms with E-state index in [9.17, 15) is 0 Å². The predicted molar refractivity (Wildman–Crippen MR) is 51.9 cm³/mol. The highest BCUT2D eigenvalue weighted by Crippen LogP contribution is 2.34. The molecule has 1 heteroatoms. The maximum atomic E-state index is 9.10. The number of allylic oxidation sites excluding steroid dienone is 2. The van der Waals surface area contributed by atoms with Gasteiger partial charge in [0.25, 0.3) is 0 Å². The van der Waals surface area contributed by atoms with Crippen molar-refractivity contribution in [3.63, 3.8) is 0 Å². The van der Waals surface area contributed by atoms with E-state index in [1.54, 1.807) is 0 Å². The van der Waals surface area contributed by atoms with Gasteiger partial charge in [-0.15, -0.1) is 0 Å². The first-order chi connectivity index (χ1) is 5.57. The second-order valence-electron chi connectivity index (χ2n) is 4.16. The lowest BCUT2D eigenvalue weighted by Crippen LogP contribution is -2.23. The van der Waals surface area contributed by atoms with Crippen LogP contribution in [0.3, 0.4) is 0 Å². The van der Waals surface area contributed by atoms with Crippen LogP contribution < -0.4 is 0 Å². The first-order valence-corrected chi connectivity index (χ1v) is 4.53. The van der Waals surface area contributed by atoms with E-state index in [1.807, 2.05) is 0 Å². The van der Waals surface area contributed by atoms with Gasteiger partial charge in [-0.1, -0.05) is 31.2 Å². The van der Waals surface area contributed by atoms with Crippen molar-refractivity contribution >= 4 is 0 Å². The van der Waals surface area contributed by atoms with Crippen molar-refractivity contribution in [1.82, 2.24) is 0 Å². The summed E-state index contributed by atoms with van der Waals surface area (Å²) in [5, 5.41) is 9.10. The second-order valence-corrected chi connectivity index (χ2v) is 4.16. The third-order valence-electron chi connectivity index (χ3n) is 2.75. The fraction of sp³-hybridized carbons (Fsp3) is 0.636. The molecule has 1 unspecified atom stereocenters. The number of hydrogen-bond donors (Lipinski definition) is 1. The summed E-state index contributed by atoms with van der Waals surface area (Å²) in [7, 11) is 0. The zero-order chi connectivity index (χ0) is 9.19. The van der Waals surface area contributed by atoms with E-state index in [2.05, 4.69) is 32.6 Å². The van der Waals surface area contributed by atoms with Crippen LogP contribution in [-0.4, -0.2) is 11.7 Å². The summed E-state index contributed by atoms with van der Waals surface area (Å²) in [5.41, 5.74) is 1.25. The van der Waals surface area contributed by atoms with Gasteiger partial charge in [0.15, 0.2) is 0 Å². The Labute approximate surface area is 74.8 Å². The van der Waals surface area contributed by atoms with Crippen LogP contribution in [0.2, 0.25) is 0 Å². The maximum absolute atomic E-state index is 9.10. The van der Waals surface area contributed by atoms with E-state index in [1.165, 1.54) is 5.57 Å². The first kappa shape index (κ1) is 9.53. The Morgan fingerprint density at radius 1 is 1.75 bits per heavy atom. The molecule has 0 aromatic carbocycles. The van der Waals surface area contributed by atoms with Crippen LogP contribution in [0.5, 0.6) is 0 Å². The zero-order valence-corrected chi connectivity index (χ0v) is 8.01. The lowest BCUT2D eigenvalue weighted by atomic mass is 9.76. The summed E-state index contributed by atoms with van der Waals surface area (Å²) in [5.74, 6) is 0.532. The van der Waals surface area contributed by atoms with Gasteiger partial charge in [0.05, 0.1) is 6.61 Å². The van der Waals surface area contributed by atoms with Crippen molar-refractivity contribution in [2.24, 2.45) is 11.3 Å². The monoisotopic (exact) mass is 166 g/mol. The van der Waals surface area contributed by atoms with Gasteiger partial charge in [0.2, 0.25) is 0 Å². The predicted octanol–water partition coefficient (Wildman–Crippen LogP) is 2.53. The smallest absolute Gasteiger partial charge is 0.0519 e. The van der Waals surface area contributed by atoms with Gasteiger partial charge < -0.3 is 5.11 Å².